The topological polar surface area (TPSA) is 55.6 Å². The van der Waals surface area contributed by atoms with Gasteiger partial charge in [-0.2, -0.15) is 0 Å². The van der Waals surface area contributed by atoms with Crippen molar-refractivity contribution in [1.82, 2.24) is 4.90 Å². The quantitative estimate of drug-likeness (QED) is 0.749. The van der Waals surface area contributed by atoms with Gasteiger partial charge in [0.05, 0.1) is 19.3 Å². The van der Waals surface area contributed by atoms with Gasteiger partial charge in [-0.3, -0.25) is 4.79 Å². The molecule has 1 atom stereocenters. The highest BCUT2D eigenvalue weighted by molar-refractivity contribution is 5.85. The van der Waals surface area contributed by atoms with Crippen LogP contribution in [0.2, 0.25) is 0 Å². The van der Waals surface area contributed by atoms with Crippen LogP contribution in [-0.2, 0) is 16.1 Å². The monoisotopic (exact) mass is 300 g/mol. The molecule has 0 spiro atoms. The summed E-state index contributed by atoms with van der Waals surface area (Å²) in [6, 6.07) is 9.60. The van der Waals surface area contributed by atoms with Gasteiger partial charge < -0.3 is 15.4 Å². The van der Waals surface area contributed by atoms with Crippen molar-refractivity contribution >= 4 is 18.3 Å². The SMILES string of the molecule is CCCC(N)C(=O)N(C)CCOCc1ccccc1.Cl. The van der Waals surface area contributed by atoms with Crippen LogP contribution in [0.3, 0.4) is 0 Å². The highest BCUT2D eigenvalue weighted by Crippen LogP contribution is 2.01. The summed E-state index contributed by atoms with van der Waals surface area (Å²) in [5, 5.41) is 0. The molecule has 0 saturated carbocycles. The molecule has 0 aromatic heterocycles. The number of nitrogens with two attached hydrogens (primary N) is 1. The van der Waals surface area contributed by atoms with Crippen LogP contribution in [0, 0.1) is 0 Å². The lowest BCUT2D eigenvalue weighted by molar-refractivity contribution is -0.132. The van der Waals surface area contributed by atoms with Gasteiger partial charge in [0.25, 0.3) is 0 Å². The van der Waals surface area contributed by atoms with E-state index < -0.39 is 0 Å². The molecule has 20 heavy (non-hydrogen) atoms. The summed E-state index contributed by atoms with van der Waals surface area (Å²) in [6.45, 7) is 3.69. The molecular weight excluding hydrogens is 276 g/mol. The highest BCUT2D eigenvalue weighted by atomic mass is 35.5. The van der Waals surface area contributed by atoms with Gasteiger partial charge in [-0.25, -0.2) is 0 Å². The normalized spacial score (nSPS) is 11.6. The van der Waals surface area contributed by atoms with Gasteiger partial charge in [-0.05, 0) is 12.0 Å². The first kappa shape index (κ1) is 18.9. The molecule has 1 rings (SSSR count). The smallest absolute Gasteiger partial charge is 0.239 e. The van der Waals surface area contributed by atoms with E-state index in [9.17, 15) is 4.79 Å². The Morgan fingerprint density at radius 2 is 2.00 bits per heavy atom. The Labute approximate surface area is 127 Å². The number of carbonyl (C=O) groups is 1. The molecule has 0 aliphatic heterocycles. The van der Waals surface area contributed by atoms with Gasteiger partial charge in [0, 0.05) is 13.6 Å². The van der Waals surface area contributed by atoms with Gasteiger partial charge in [-0.15, -0.1) is 12.4 Å². The Hall–Kier alpha value is -1.10. The Balaban J connectivity index is 0.00000361. The standard InChI is InChI=1S/C15H24N2O2.ClH/c1-3-7-14(16)15(18)17(2)10-11-19-12-13-8-5-4-6-9-13;/h4-6,8-9,14H,3,7,10-12,16H2,1-2H3;1H. The average Bonchev–Trinajstić information content (AvgIpc) is 2.44. The van der Waals surface area contributed by atoms with E-state index in [2.05, 4.69) is 0 Å². The van der Waals surface area contributed by atoms with Crippen molar-refractivity contribution in [3.63, 3.8) is 0 Å². The van der Waals surface area contributed by atoms with E-state index in [1.165, 1.54) is 0 Å². The summed E-state index contributed by atoms with van der Waals surface area (Å²) < 4.78 is 5.55. The molecule has 0 saturated heterocycles. The van der Waals surface area contributed by atoms with Crippen LogP contribution in [0.25, 0.3) is 0 Å². The summed E-state index contributed by atoms with van der Waals surface area (Å²) in [6.07, 6.45) is 1.65. The van der Waals surface area contributed by atoms with E-state index >= 15 is 0 Å². The predicted octanol–water partition coefficient (Wildman–Crippen LogP) is 2.21. The molecule has 114 valence electrons. The Kier molecular flexibility index (Phi) is 10.1. The molecule has 0 heterocycles. The van der Waals surface area contributed by atoms with Gasteiger partial charge in [0.2, 0.25) is 5.91 Å². The van der Waals surface area contributed by atoms with Crippen molar-refractivity contribution < 1.29 is 9.53 Å². The van der Waals surface area contributed by atoms with Crippen LogP contribution in [0.4, 0.5) is 0 Å². The number of amides is 1. The maximum Gasteiger partial charge on any atom is 0.239 e. The fraction of sp³-hybridized carbons (Fsp3) is 0.533. The van der Waals surface area contributed by atoms with E-state index in [1.54, 1.807) is 11.9 Å². The number of likely N-dealkylation sites (N-methyl/N-ethyl adjacent to an activating group) is 1. The number of carbonyl (C=O) groups excluding carboxylic acids is 1. The van der Waals surface area contributed by atoms with Crippen LogP contribution >= 0.6 is 12.4 Å². The second-order valence-electron chi connectivity index (χ2n) is 4.69. The van der Waals surface area contributed by atoms with Gasteiger partial charge in [0.1, 0.15) is 0 Å². The molecule has 0 radical (unpaired) electrons. The summed E-state index contributed by atoms with van der Waals surface area (Å²) in [7, 11) is 1.77. The predicted molar refractivity (Wildman–Crippen MR) is 83.9 cm³/mol. The molecule has 4 nitrogen and oxygen atoms in total. The zero-order valence-electron chi connectivity index (χ0n) is 12.2. The lowest BCUT2D eigenvalue weighted by atomic mass is 10.1. The van der Waals surface area contributed by atoms with Crippen LogP contribution in [-0.4, -0.2) is 37.0 Å². The van der Waals surface area contributed by atoms with Crippen molar-refractivity contribution in [2.24, 2.45) is 5.73 Å². The van der Waals surface area contributed by atoms with E-state index in [4.69, 9.17) is 10.5 Å². The van der Waals surface area contributed by atoms with Crippen molar-refractivity contribution in [2.45, 2.75) is 32.4 Å². The van der Waals surface area contributed by atoms with Crippen LogP contribution in [0.1, 0.15) is 25.3 Å². The minimum atomic E-state index is -0.385. The minimum Gasteiger partial charge on any atom is -0.375 e. The number of rotatable bonds is 8. The third kappa shape index (κ3) is 6.89. The number of halogens is 1. The molecular formula is C15H25ClN2O2. The largest absolute Gasteiger partial charge is 0.375 e. The highest BCUT2D eigenvalue weighted by Gasteiger charge is 2.16. The number of benzene rings is 1. The number of nitrogens with zero attached hydrogens (tertiary/aromatic N) is 1. The first-order valence-corrected chi connectivity index (χ1v) is 6.77. The zero-order chi connectivity index (χ0) is 14.1. The minimum absolute atomic E-state index is 0. The molecule has 5 heteroatoms. The second kappa shape index (κ2) is 10.7. The molecule has 1 unspecified atom stereocenters. The van der Waals surface area contributed by atoms with Crippen LogP contribution in [0.15, 0.2) is 30.3 Å². The Morgan fingerprint density at radius 1 is 1.35 bits per heavy atom. The molecule has 0 aliphatic rings. The summed E-state index contributed by atoms with van der Waals surface area (Å²) in [5.74, 6) is -0.00911. The van der Waals surface area contributed by atoms with Crippen molar-refractivity contribution in [1.29, 1.82) is 0 Å². The molecule has 1 aromatic carbocycles. The molecule has 0 bridgehead atoms. The van der Waals surface area contributed by atoms with Crippen molar-refractivity contribution in [3.05, 3.63) is 35.9 Å². The third-order valence-electron chi connectivity index (χ3n) is 2.98. The maximum atomic E-state index is 11.8. The van der Waals surface area contributed by atoms with E-state index in [1.807, 2.05) is 37.3 Å². The lowest BCUT2D eigenvalue weighted by Gasteiger charge is -2.21. The van der Waals surface area contributed by atoms with E-state index in [0.717, 1.165) is 18.4 Å². The lowest BCUT2D eigenvalue weighted by Crippen LogP contribution is -2.42. The van der Waals surface area contributed by atoms with E-state index in [-0.39, 0.29) is 24.4 Å². The zero-order valence-corrected chi connectivity index (χ0v) is 13.1. The summed E-state index contributed by atoms with van der Waals surface area (Å²) >= 11 is 0. The number of hydrogen-bond acceptors (Lipinski definition) is 3. The molecule has 1 amide bonds. The molecule has 2 N–H and O–H groups in total. The maximum absolute atomic E-state index is 11.8. The molecule has 0 aliphatic carbocycles. The van der Waals surface area contributed by atoms with Gasteiger partial charge >= 0.3 is 0 Å². The first-order valence-electron chi connectivity index (χ1n) is 6.77. The average molecular weight is 301 g/mol. The van der Waals surface area contributed by atoms with Gasteiger partial charge in [0.15, 0.2) is 0 Å². The van der Waals surface area contributed by atoms with E-state index in [0.29, 0.717) is 19.8 Å². The van der Waals surface area contributed by atoms with Crippen molar-refractivity contribution in [3.8, 4) is 0 Å². The molecule has 0 fully saturated rings. The number of ether oxygens (including phenoxy) is 1. The summed E-state index contributed by atoms with van der Waals surface area (Å²) in [5.41, 5.74) is 6.93. The van der Waals surface area contributed by atoms with Crippen LogP contribution in [0.5, 0.6) is 0 Å². The molecule has 1 aromatic rings. The Bertz CT molecular complexity index is 373. The van der Waals surface area contributed by atoms with Crippen LogP contribution < -0.4 is 5.73 Å². The third-order valence-corrected chi connectivity index (χ3v) is 2.98. The first-order chi connectivity index (χ1) is 9.15. The number of hydrogen-bond donors (Lipinski definition) is 1. The summed E-state index contributed by atoms with van der Waals surface area (Å²) in [4.78, 5) is 13.5. The fourth-order valence-corrected chi connectivity index (χ4v) is 1.79. The van der Waals surface area contributed by atoms with Crippen molar-refractivity contribution in [2.75, 3.05) is 20.2 Å². The van der Waals surface area contributed by atoms with Gasteiger partial charge in [-0.1, -0.05) is 43.7 Å². The fourth-order valence-electron chi connectivity index (χ4n) is 1.79. The Morgan fingerprint density at radius 3 is 2.60 bits per heavy atom. The second-order valence-corrected chi connectivity index (χ2v) is 4.69.